The van der Waals surface area contributed by atoms with Gasteiger partial charge in [-0.1, -0.05) is 45.2 Å². The van der Waals surface area contributed by atoms with Crippen LogP contribution in [0, 0.1) is 6.92 Å². The molecule has 0 amide bonds. The monoisotopic (exact) mass is 462 g/mol. The van der Waals surface area contributed by atoms with Gasteiger partial charge in [-0.2, -0.15) is 11.8 Å². The molecule has 7 heteroatoms. The second-order valence-corrected chi connectivity index (χ2v) is 8.28. The van der Waals surface area contributed by atoms with E-state index in [0.717, 1.165) is 39.3 Å². The Morgan fingerprint density at radius 2 is 1.92 bits per heavy atom. The first-order chi connectivity index (χ1) is 11.5. The number of aryl methyl sites for hydroxylation is 1. The van der Waals surface area contributed by atoms with Gasteiger partial charge in [0, 0.05) is 38.3 Å². The minimum absolute atomic E-state index is 0.619. The Morgan fingerprint density at radius 3 is 2.58 bits per heavy atom. The van der Waals surface area contributed by atoms with Crippen LogP contribution in [0.15, 0.2) is 40.9 Å². The molecule has 0 fully saturated rings. The Bertz CT molecular complexity index is 705. The highest BCUT2D eigenvalue weighted by atomic mass is 79.9. The van der Waals surface area contributed by atoms with Crippen LogP contribution in [0.4, 0.5) is 5.69 Å². The molecule has 2 rings (SSSR count). The topological polar surface area (TPSA) is 24.1 Å². The third kappa shape index (κ3) is 6.12. The quantitative estimate of drug-likeness (QED) is 0.388. The second-order valence-electron chi connectivity index (χ2n) is 5.10. The molecule has 0 atom stereocenters. The number of anilines is 1. The van der Waals surface area contributed by atoms with Crippen molar-refractivity contribution in [2.24, 2.45) is 0 Å². The molecule has 2 aromatic carbocycles. The number of rotatable bonds is 6. The molecule has 0 spiro atoms. The van der Waals surface area contributed by atoms with Gasteiger partial charge in [-0.15, -0.1) is 0 Å². The summed E-state index contributed by atoms with van der Waals surface area (Å²) >= 11 is 22.9. The molecule has 2 nitrogen and oxygen atoms in total. The lowest BCUT2D eigenvalue weighted by Gasteiger charge is -2.12. The Hall–Kier alpha value is -0.460. The summed E-state index contributed by atoms with van der Waals surface area (Å²) in [7, 11) is 0. The van der Waals surface area contributed by atoms with Crippen molar-refractivity contribution in [3.63, 3.8) is 0 Å². The van der Waals surface area contributed by atoms with Gasteiger partial charge in [0.25, 0.3) is 0 Å². The normalized spacial score (nSPS) is 10.5. The van der Waals surface area contributed by atoms with E-state index in [2.05, 4.69) is 26.6 Å². The fourth-order valence-electron chi connectivity index (χ4n) is 1.98. The largest absolute Gasteiger partial charge is 0.362 e. The molecular weight excluding hydrogens is 447 g/mol. The summed E-state index contributed by atoms with van der Waals surface area (Å²) in [6, 6.07) is 11.6. The molecule has 24 heavy (non-hydrogen) atoms. The summed E-state index contributed by atoms with van der Waals surface area (Å²) in [6.45, 7) is 2.82. The van der Waals surface area contributed by atoms with Crippen LogP contribution < -0.4 is 10.6 Å². The molecule has 2 aromatic rings. The third-order valence-electron chi connectivity index (χ3n) is 3.26. The Kier molecular flexibility index (Phi) is 8.17. The van der Waals surface area contributed by atoms with Crippen molar-refractivity contribution in [1.29, 1.82) is 0 Å². The Labute approximate surface area is 170 Å². The summed E-state index contributed by atoms with van der Waals surface area (Å²) in [6.07, 6.45) is 0. The summed E-state index contributed by atoms with van der Waals surface area (Å²) < 4.78 is 1.08. The van der Waals surface area contributed by atoms with Gasteiger partial charge in [-0.05, 0) is 60.6 Å². The predicted molar refractivity (Wildman–Crippen MR) is 116 cm³/mol. The van der Waals surface area contributed by atoms with Crippen LogP contribution in [-0.2, 0) is 5.75 Å². The van der Waals surface area contributed by atoms with E-state index < -0.39 is 0 Å². The minimum atomic E-state index is 0.619. The number of hydrogen-bond donors (Lipinski definition) is 2. The number of thiocarbonyl (C=S) groups is 1. The van der Waals surface area contributed by atoms with Crippen LogP contribution in [0.5, 0.6) is 0 Å². The van der Waals surface area contributed by atoms with Gasteiger partial charge >= 0.3 is 0 Å². The number of benzene rings is 2. The van der Waals surface area contributed by atoms with E-state index in [4.69, 9.17) is 35.4 Å². The first kappa shape index (κ1) is 19.9. The highest BCUT2D eigenvalue weighted by Crippen LogP contribution is 2.28. The van der Waals surface area contributed by atoms with Crippen molar-refractivity contribution in [2.45, 2.75) is 12.7 Å². The highest BCUT2D eigenvalue weighted by Gasteiger charge is 2.05. The van der Waals surface area contributed by atoms with Gasteiger partial charge in [0.2, 0.25) is 0 Å². The number of hydrogen-bond acceptors (Lipinski definition) is 2. The average molecular weight is 464 g/mol. The molecule has 0 aromatic heterocycles. The predicted octanol–water partition coefficient (Wildman–Crippen LogP) is 6.28. The van der Waals surface area contributed by atoms with Crippen LogP contribution in [0.2, 0.25) is 10.0 Å². The number of halogens is 3. The number of thioether (sulfide) groups is 1. The maximum Gasteiger partial charge on any atom is 0.170 e. The molecule has 0 bridgehead atoms. The van der Waals surface area contributed by atoms with Crippen molar-refractivity contribution in [3.05, 3.63) is 62.0 Å². The molecule has 0 saturated carbocycles. The van der Waals surface area contributed by atoms with E-state index in [1.165, 1.54) is 0 Å². The molecule has 0 saturated heterocycles. The van der Waals surface area contributed by atoms with E-state index >= 15 is 0 Å². The van der Waals surface area contributed by atoms with Crippen LogP contribution in [0.1, 0.15) is 11.1 Å². The van der Waals surface area contributed by atoms with Crippen LogP contribution >= 0.6 is 63.1 Å². The van der Waals surface area contributed by atoms with Gasteiger partial charge in [-0.25, -0.2) is 0 Å². The second kappa shape index (κ2) is 9.88. The summed E-state index contributed by atoms with van der Waals surface area (Å²) in [5, 5.41) is 8.43. The smallest absolute Gasteiger partial charge is 0.170 e. The first-order valence-electron chi connectivity index (χ1n) is 7.29. The van der Waals surface area contributed by atoms with E-state index in [0.29, 0.717) is 15.2 Å². The summed E-state index contributed by atoms with van der Waals surface area (Å²) in [5.74, 6) is 1.69. The lowest BCUT2D eigenvalue weighted by molar-refractivity contribution is 0.989. The van der Waals surface area contributed by atoms with Gasteiger partial charge in [0.15, 0.2) is 5.11 Å². The molecule has 128 valence electrons. The van der Waals surface area contributed by atoms with Gasteiger partial charge in [0.1, 0.15) is 0 Å². The molecular formula is C17H17BrCl2N2S2. The van der Waals surface area contributed by atoms with Crippen LogP contribution in [0.25, 0.3) is 0 Å². The zero-order valence-corrected chi connectivity index (χ0v) is 17.8. The van der Waals surface area contributed by atoms with Crippen molar-refractivity contribution >= 4 is 73.9 Å². The third-order valence-corrected chi connectivity index (χ3v) is 6.09. The Morgan fingerprint density at radius 1 is 1.21 bits per heavy atom. The van der Waals surface area contributed by atoms with Crippen LogP contribution in [-0.4, -0.2) is 17.4 Å². The molecule has 0 aliphatic carbocycles. The van der Waals surface area contributed by atoms with Gasteiger partial charge in [-0.3, -0.25) is 0 Å². The van der Waals surface area contributed by atoms with E-state index in [9.17, 15) is 0 Å². The Balaban J connectivity index is 1.70. The first-order valence-corrected chi connectivity index (χ1v) is 10.4. The van der Waals surface area contributed by atoms with Gasteiger partial charge in [0.05, 0.1) is 0 Å². The van der Waals surface area contributed by atoms with E-state index in [1.807, 2.05) is 43.3 Å². The molecule has 0 aliphatic rings. The van der Waals surface area contributed by atoms with Crippen molar-refractivity contribution in [3.8, 4) is 0 Å². The molecule has 0 radical (unpaired) electrons. The number of nitrogens with one attached hydrogen (secondary N) is 2. The maximum atomic E-state index is 6.16. The molecule has 0 heterocycles. The lowest BCUT2D eigenvalue weighted by Crippen LogP contribution is -2.30. The van der Waals surface area contributed by atoms with Crippen molar-refractivity contribution in [2.75, 3.05) is 17.6 Å². The molecule has 0 aliphatic heterocycles. The van der Waals surface area contributed by atoms with Crippen molar-refractivity contribution in [1.82, 2.24) is 5.32 Å². The minimum Gasteiger partial charge on any atom is -0.362 e. The van der Waals surface area contributed by atoms with Crippen LogP contribution in [0.3, 0.4) is 0 Å². The zero-order chi connectivity index (χ0) is 17.5. The highest BCUT2D eigenvalue weighted by molar-refractivity contribution is 9.10. The molecule has 0 unspecified atom stereocenters. The molecule has 2 N–H and O–H groups in total. The lowest BCUT2D eigenvalue weighted by atomic mass is 10.2. The van der Waals surface area contributed by atoms with E-state index in [-0.39, 0.29) is 0 Å². The fourth-order valence-corrected chi connectivity index (χ4v) is 4.04. The summed E-state index contributed by atoms with van der Waals surface area (Å²) in [4.78, 5) is 0. The maximum absolute atomic E-state index is 6.16. The SMILES string of the molecule is Cc1cc(NC(=S)NCCSCc2c(Cl)cccc2Cl)ccc1Br. The van der Waals surface area contributed by atoms with E-state index in [1.54, 1.807) is 11.8 Å². The standard InChI is InChI=1S/C17H17BrCl2N2S2/c1-11-9-12(5-6-14(11)18)22-17(23)21-7-8-24-10-13-15(19)3-2-4-16(13)20/h2-6,9H,7-8,10H2,1H3,(H2,21,22,23). The zero-order valence-electron chi connectivity index (χ0n) is 13.0. The average Bonchev–Trinajstić information content (AvgIpc) is 2.53. The summed E-state index contributed by atoms with van der Waals surface area (Å²) in [5.41, 5.74) is 3.12. The fraction of sp³-hybridized carbons (Fsp3) is 0.235. The van der Waals surface area contributed by atoms with Gasteiger partial charge < -0.3 is 10.6 Å². The van der Waals surface area contributed by atoms with Crippen molar-refractivity contribution < 1.29 is 0 Å².